The van der Waals surface area contributed by atoms with Gasteiger partial charge in [0, 0.05) is 38.1 Å². The van der Waals surface area contributed by atoms with Gasteiger partial charge in [0.2, 0.25) is 0 Å². The van der Waals surface area contributed by atoms with Crippen molar-refractivity contribution in [3.8, 4) is 0 Å². The van der Waals surface area contributed by atoms with E-state index in [2.05, 4.69) is 30.9 Å². The van der Waals surface area contributed by atoms with E-state index >= 15 is 0 Å². The molecule has 0 atom stereocenters. The molecule has 0 unspecified atom stereocenters. The van der Waals surface area contributed by atoms with Crippen molar-refractivity contribution in [2.24, 2.45) is 14.1 Å². The largest absolute Gasteiger partial charge is 0.346 e. The van der Waals surface area contributed by atoms with Gasteiger partial charge in [-0.15, -0.1) is 0 Å². The lowest BCUT2D eigenvalue weighted by atomic mass is 10.2. The number of aromatic nitrogens is 7. The minimum atomic E-state index is -2.79. The first-order valence-corrected chi connectivity index (χ1v) is 9.47. The Hall–Kier alpha value is -4.16. The van der Waals surface area contributed by atoms with Gasteiger partial charge in [-0.05, 0) is 13.0 Å². The minimum Gasteiger partial charge on any atom is -0.346 e. The van der Waals surface area contributed by atoms with Gasteiger partial charge >= 0.3 is 0 Å². The summed E-state index contributed by atoms with van der Waals surface area (Å²) < 4.78 is 30.5. The average Bonchev–Trinajstić information content (AvgIpc) is 3.44. The number of carbonyl (C=O) groups excluding carboxylic acids is 2. The first-order chi connectivity index (χ1) is 15.2. The van der Waals surface area contributed by atoms with E-state index in [1.54, 1.807) is 38.1 Å². The van der Waals surface area contributed by atoms with E-state index in [-0.39, 0.29) is 34.8 Å². The third-order valence-corrected chi connectivity index (χ3v) is 4.71. The zero-order chi connectivity index (χ0) is 23.0. The predicted octanol–water partition coefficient (Wildman–Crippen LogP) is 1.62. The van der Waals surface area contributed by atoms with Crippen molar-refractivity contribution in [1.29, 1.82) is 0 Å². The Labute approximate surface area is 180 Å². The molecule has 0 aliphatic rings. The van der Waals surface area contributed by atoms with E-state index in [9.17, 15) is 18.4 Å². The highest BCUT2D eigenvalue weighted by Crippen LogP contribution is 2.23. The van der Waals surface area contributed by atoms with E-state index in [0.29, 0.717) is 5.69 Å². The van der Waals surface area contributed by atoms with Gasteiger partial charge in [-0.3, -0.25) is 19.0 Å². The summed E-state index contributed by atoms with van der Waals surface area (Å²) in [5.41, 5.74) is 1.00. The highest BCUT2D eigenvalue weighted by Gasteiger charge is 2.23. The zero-order valence-corrected chi connectivity index (χ0v) is 17.4. The van der Waals surface area contributed by atoms with Crippen molar-refractivity contribution in [1.82, 2.24) is 39.5 Å². The van der Waals surface area contributed by atoms with Crippen LogP contribution in [-0.4, -0.2) is 46.0 Å². The number of fused-ring (bicyclic) bond motifs is 1. The molecule has 0 fully saturated rings. The number of hydrogen-bond acceptors (Lipinski definition) is 6. The highest BCUT2D eigenvalue weighted by molar-refractivity contribution is 6.11. The molecule has 0 aliphatic carbocycles. The summed E-state index contributed by atoms with van der Waals surface area (Å²) in [6, 6.07) is 1.21. The SMILES string of the molecule is Cc1cc(C(F)F)n2ncc(C(=O)Nc3cnn(C)c3C(=O)NCc3cnn(C)c3)c2n1. The first-order valence-electron chi connectivity index (χ1n) is 9.47. The summed E-state index contributed by atoms with van der Waals surface area (Å²) in [6.45, 7) is 1.78. The fraction of sp³-hybridized carbons (Fsp3) is 0.263. The summed E-state index contributed by atoms with van der Waals surface area (Å²) in [7, 11) is 3.32. The van der Waals surface area contributed by atoms with Crippen LogP contribution in [0, 0.1) is 6.92 Å². The number of alkyl halides is 2. The average molecular weight is 443 g/mol. The summed E-state index contributed by atoms with van der Waals surface area (Å²) in [5, 5.41) is 17.3. The molecule has 0 saturated carbocycles. The number of carbonyl (C=O) groups is 2. The molecule has 32 heavy (non-hydrogen) atoms. The third-order valence-electron chi connectivity index (χ3n) is 4.71. The van der Waals surface area contributed by atoms with Crippen LogP contribution in [-0.2, 0) is 20.6 Å². The molecular weight excluding hydrogens is 424 g/mol. The lowest BCUT2D eigenvalue weighted by molar-refractivity contribution is 0.0942. The molecule has 13 heteroatoms. The standard InChI is InChI=1S/C19H19F2N9O2/c1-10-4-14(16(20)21)30-17(26-10)12(7-25-30)18(31)27-13-8-24-29(3)15(13)19(32)22-5-11-6-23-28(2)9-11/h4,6-9,16H,5H2,1-3H3,(H,22,32)(H,27,31). The van der Waals surface area contributed by atoms with Gasteiger partial charge in [-0.2, -0.15) is 15.3 Å². The number of aryl methyl sites for hydroxylation is 3. The van der Waals surface area contributed by atoms with Gasteiger partial charge in [-0.25, -0.2) is 18.3 Å². The Kier molecular flexibility index (Phi) is 5.38. The van der Waals surface area contributed by atoms with E-state index in [0.717, 1.165) is 16.3 Å². The second-order valence-corrected chi connectivity index (χ2v) is 7.11. The normalized spacial score (nSPS) is 11.3. The van der Waals surface area contributed by atoms with Crippen LogP contribution in [0.1, 0.15) is 44.2 Å². The summed E-state index contributed by atoms with van der Waals surface area (Å²) in [6.07, 6.45) is 3.08. The van der Waals surface area contributed by atoms with Crippen molar-refractivity contribution < 1.29 is 18.4 Å². The Bertz CT molecular complexity index is 1320. The van der Waals surface area contributed by atoms with Crippen LogP contribution in [0.2, 0.25) is 0 Å². The quantitative estimate of drug-likeness (QED) is 0.467. The first kappa shape index (κ1) is 21.1. The molecule has 0 aliphatic heterocycles. The molecule has 11 nitrogen and oxygen atoms in total. The third kappa shape index (κ3) is 3.91. The lowest BCUT2D eigenvalue weighted by Crippen LogP contribution is -2.26. The van der Waals surface area contributed by atoms with Gasteiger partial charge in [0.25, 0.3) is 18.2 Å². The Morgan fingerprint density at radius 3 is 2.56 bits per heavy atom. The van der Waals surface area contributed by atoms with E-state index in [1.165, 1.54) is 16.9 Å². The molecule has 0 radical (unpaired) electrons. The number of amides is 2. The molecule has 0 bridgehead atoms. The number of anilines is 1. The molecule has 2 N–H and O–H groups in total. The van der Waals surface area contributed by atoms with Crippen molar-refractivity contribution in [2.75, 3.05) is 5.32 Å². The van der Waals surface area contributed by atoms with Crippen LogP contribution < -0.4 is 10.6 Å². The monoisotopic (exact) mass is 443 g/mol. The minimum absolute atomic E-state index is 0.00994. The Morgan fingerprint density at radius 2 is 1.88 bits per heavy atom. The summed E-state index contributed by atoms with van der Waals surface area (Å²) >= 11 is 0. The van der Waals surface area contributed by atoms with Gasteiger partial charge in [0.05, 0.1) is 24.3 Å². The van der Waals surface area contributed by atoms with Crippen molar-refractivity contribution in [3.05, 3.63) is 59.1 Å². The maximum absolute atomic E-state index is 13.3. The summed E-state index contributed by atoms with van der Waals surface area (Å²) in [4.78, 5) is 29.8. The van der Waals surface area contributed by atoms with E-state index in [1.807, 2.05) is 0 Å². The molecule has 4 aromatic rings. The van der Waals surface area contributed by atoms with Crippen LogP contribution in [0.15, 0.2) is 30.9 Å². The van der Waals surface area contributed by atoms with Gasteiger partial charge < -0.3 is 10.6 Å². The predicted molar refractivity (Wildman–Crippen MR) is 108 cm³/mol. The van der Waals surface area contributed by atoms with Crippen LogP contribution in [0.4, 0.5) is 14.5 Å². The number of hydrogen-bond donors (Lipinski definition) is 2. The number of rotatable bonds is 6. The van der Waals surface area contributed by atoms with Crippen molar-refractivity contribution in [3.63, 3.8) is 0 Å². The maximum atomic E-state index is 13.3. The van der Waals surface area contributed by atoms with E-state index in [4.69, 9.17) is 0 Å². The van der Waals surface area contributed by atoms with Crippen LogP contribution in [0.3, 0.4) is 0 Å². The maximum Gasteiger partial charge on any atom is 0.280 e. The molecule has 0 saturated heterocycles. The molecule has 4 heterocycles. The molecular formula is C19H19F2N9O2. The smallest absolute Gasteiger partial charge is 0.280 e. The van der Waals surface area contributed by atoms with Crippen molar-refractivity contribution >= 4 is 23.1 Å². The van der Waals surface area contributed by atoms with Crippen molar-refractivity contribution in [2.45, 2.75) is 19.9 Å². The van der Waals surface area contributed by atoms with E-state index < -0.39 is 18.2 Å². The topological polar surface area (TPSA) is 124 Å². The van der Waals surface area contributed by atoms with Crippen LogP contribution >= 0.6 is 0 Å². The number of halogens is 2. The van der Waals surface area contributed by atoms with Gasteiger partial charge in [0.1, 0.15) is 17.0 Å². The summed E-state index contributed by atoms with van der Waals surface area (Å²) in [5.74, 6) is -1.12. The second kappa shape index (κ2) is 8.17. The lowest BCUT2D eigenvalue weighted by Gasteiger charge is -2.08. The van der Waals surface area contributed by atoms with Gasteiger partial charge in [0.15, 0.2) is 5.65 Å². The fourth-order valence-electron chi connectivity index (χ4n) is 3.25. The highest BCUT2D eigenvalue weighted by atomic mass is 19.3. The zero-order valence-electron chi connectivity index (χ0n) is 17.4. The molecule has 0 spiro atoms. The molecule has 2 amide bonds. The Balaban J connectivity index is 1.58. The molecule has 0 aromatic carbocycles. The molecule has 4 rings (SSSR count). The number of nitrogens with zero attached hydrogens (tertiary/aromatic N) is 7. The number of nitrogens with one attached hydrogen (secondary N) is 2. The van der Waals surface area contributed by atoms with Crippen LogP contribution in [0.5, 0.6) is 0 Å². The van der Waals surface area contributed by atoms with Gasteiger partial charge in [-0.1, -0.05) is 0 Å². The Morgan fingerprint density at radius 1 is 1.09 bits per heavy atom. The second-order valence-electron chi connectivity index (χ2n) is 7.11. The van der Waals surface area contributed by atoms with Crippen LogP contribution in [0.25, 0.3) is 5.65 Å². The molecule has 166 valence electrons. The molecule has 4 aromatic heterocycles. The fourth-order valence-corrected chi connectivity index (χ4v) is 3.25.